The largest absolute Gasteiger partial charge is 0.493 e. The first-order valence-corrected chi connectivity index (χ1v) is 6.84. The van der Waals surface area contributed by atoms with E-state index in [1.807, 2.05) is 24.3 Å². The van der Waals surface area contributed by atoms with Crippen LogP contribution in [0.1, 0.15) is 5.56 Å². The van der Waals surface area contributed by atoms with Crippen molar-refractivity contribution in [2.24, 2.45) is 0 Å². The van der Waals surface area contributed by atoms with Gasteiger partial charge in [-0.25, -0.2) is 4.98 Å². The Kier molecular flexibility index (Phi) is 5.20. The summed E-state index contributed by atoms with van der Waals surface area (Å²) in [6, 6.07) is 9.72. The van der Waals surface area contributed by atoms with Gasteiger partial charge in [-0.2, -0.15) is 5.26 Å². The molecule has 0 saturated carbocycles. The summed E-state index contributed by atoms with van der Waals surface area (Å²) in [5.74, 6) is 1.64. The fourth-order valence-corrected chi connectivity index (χ4v) is 2.11. The molecule has 2 rings (SSSR count). The van der Waals surface area contributed by atoms with E-state index in [2.05, 4.69) is 16.0 Å². The molecule has 0 aliphatic rings. The molecule has 0 atom stereocenters. The van der Waals surface area contributed by atoms with Crippen LogP contribution in [-0.4, -0.2) is 22.3 Å². The van der Waals surface area contributed by atoms with Crippen LogP contribution in [-0.2, 0) is 6.42 Å². The Balaban J connectivity index is 1.72. The zero-order chi connectivity index (χ0) is 13.3. The Morgan fingerprint density at radius 1 is 1.21 bits per heavy atom. The minimum atomic E-state index is 0.433. The Hall–Kier alpha value is -2.06. The molecule has 0 fully saturated rings. The molecule has 0 spiro atoms. The SMILES string of the molecule is N#CCc1ccc(OCCSc2cnccn2)cc1. The van der Waals surface area contributed by atoms with Crippen LogP contribution in [0.15, 0.2) is 47.9 Å². The predicted octanol–water partition coefficient (Wildman–Crippen LogP) is 2.71. The van der Waals surface area contributed by atoms with Gasteiger partial charge in [-0.3, -0.25) is 4.98 Å². The molecule has 0 bridgehead atoms. The van der Waals surface area contributed by atoms with Crippen LogP contribution < -0.4 is 4.74 Å². The van der Waals surface area contributed by atoms with Crippen LogP contribution in [0.3, 0.4) is 0 Å². The molecule has 0 radical (unpaired) electrons. The summed E-state index contributed by atoms with van der Waals surface area (Å²) in [5, 5.41) is 9.47. The van der Waals surface area contributed by atoms with E-state index in [-0.39, 0.29) is 0 Å². The van der Waals surface area contributed by atoms with Crippen molar-refractivity contribution in [3.05, 3.63) is 48.4 Å². The topological polar surface area (TPSA) is 58.8 Å². The average molecular weight is 271 g/mol. The standard InChI is InChI=1S/C14H13N3OS/c15-6-5-12-1-3-13(4-2-12)18-9-10-19-14-11-16-7-8-17-14/h1-4,7-8,11H,5,9-10H2. The van der Waals surface area contributed by atoms with Gasteiger partial charge in [0.15, 0.2) is 0 Å². The van der Waals surface area contributed by atoms with Gasteiger partial charge >= 0.3 is 0 Å². The number of nitrogens with zero attached hydrogens (tertiary/aromatic N) is 3. The summed E-state index contributed by atoms with van der Waals surface area (Å²) in [6.07, 6.45) is 5.50. The Labute approximate surface area is 116 Å². The van der Waals surface area contributed by atoms with Crippen molar-refractivity contribution in [2.75, 3.05) is 12.4 Å². The summed E-state index contributed by atoms with van der Waals surface area (Å²) < 4.78 is 5.61. The molecule has 1 aromatic carbocycles. The molecule has 0 aliphatic carbocycles. The molecule has 0 aliphatic heterocycles. The van der Waals surface area contributed by atoms with Crippen molar-refractivity contribution in [1.29, 1.82) is 5.26 Å². The highest BCUT2D eigenvalue weighted by Gasteiger charge is 1.97. The van der Waals surface area contributed by atoms with E-state index in [0.29, 0.717) is 13.0 Å². The Morgan fingerprint density at radius 3 is 2.74 bits per heavy atom. The predicted molar refractivity (Wildman–Crippen MR) is 74.0 cm³/mol. The van der Waals surface area contributed by atoms with Gasteiger partial charge in [-0.05, 0) is 17.7 Å². The molecular formula is C14H13N3OS. The average Bonchev–Trinajstić information content (AvgIpc) is 2.47. The summed E-state index contributed by atoms with van der Waals surface area (Å²) in [4.78, 5) is 8.17. The van der Waals surface area contributed by atoms with Crippen LogP contribution in [0.5, 0.6) is 5.75 Å². The lowest BCUT2D eigenvalue weighted by Crippen LogP contribution is -2.00. The fourth-order valence-electron chi connectivity index (χ4n) is 1.46. The number of aromatic nitrogens is 2. The maximum absolute atomic E-state index is 8.58. The minimum absolute atomic E-state index is 0.433. The van der Waals surface area contributed by atoms with Crippen LogP contribution in [0.25, 0.3) is 0 Å². The first kappa shape index (κ1) is 13.4. The van der Waals surface area contributed by atoms with Crippen molar-refractivity contribution in [2.45, 2.75) is 11.4 Å². The van der Waals surface area contributed by atoms with E-state index >= 15 is 0 Å². The molecule has 1 aromatic heterocycles. The van der Waals surface area contributed by atoms with E-state index in [4.69, 9.17) is 10.00 Å². The van der Waals surface area contributed by atoms with E-state index in [1.54, 1.807) is 30.4 Å². The van der Waals surface area contributed by atoms with Crippen molar-refractivity contribution in [3.8, 4) is 11.8 Å². The lowest BCUT2D eigenvalue weighted by molar-refractivity contribution is 0.344. The highest BCUT2D eigenvalue weighted by Crippen LogP contribution is 2.15. The number of ether oxygens (including phenoxy) is 1. The smallest absolute Gasteiger partial charge is 0.119 e. The first-order chi connectivity index (χ1) is 9.38. The summed E-state index contributed by atoms with van der Waals surface area (Å²) in [7, 11) is 0. The highest BCUT2D eigenvalue weighted by molar-refractivity contribution is 7.99. The summed E-state index contributed by atoms with van der Waals surface area (Å²) in [5.41, 5.74) is 1.00. The van der Waals surface area contributed by atoms with Crippen LogP contribution in [0.4, 0.5) is 0 Å². The second-order valence-electron chi connectivity index (χ2n) is 3.72. The molecule has 4 nitrogen and oxygen atoms in total. The van der Waals surface area contributed by atoms with Gasteiger partial charge in [0, 0.05) is 18.1 Å². The monoisotopic (exact) mass is 271 g/mol. The molecule has 5 heteroatoms. The number of hydrogen-bond acceptors (Lipinski definition) is 5. The zero-order valence-electron chi connectivity index (χ0n) is 10.3. The number of benzene rings is 1. The van der Waals surface area contributed by atoms with Crippen molar-refractivity contribution < 1.29 is 4.74 Å². The second kappa shape index (κ2) is 7.39. The Bertz CT molecular complexity index is 537. The number of rotatable bonds is 6. The molecule has 96 valence electrons. The van der Waals surface area contributed by atoms with Crippen LogP contribution >= 0.6 is 11.8 Å². The first-order valence-electron chi connectivity index (χ1n) is 5.86. The normalized spacial score (nSPS) is 9.84. The summed E-state index contributed by atoms with van der Waals surface area (Å²) >= 11 is 1.61. The van der Waals surface area contributed by atoms with E-state index in [0.717, 1.165) is 22.1 Å². The maximum atomic E-state index is 8.58. The van der Waals surface area contributed by atoms with Crippen LogP contribution in [0, 0.1) is 11.3 Å². The molecule has 2 aromatic rings. The van der Waals surface area contributed by atoms with Crippen LogP contribution in [0.2, 0.25) is 0 Å². The van der Waals surface area contributed by atoms with Gasteiger partial charge in [-0.15, -0.1) is 11.8 Å². The van der Waals surface area contributed by atoms with Gasteiger partial charge < -0.3 is 4.74 Å². The second-order valence-corrected chi connectivity index (χ2v) is 4.83. The zero-order valence-corrected chi connectivity index (χ0v) is 11.1. The minimum Gasteiger partial charge on any atom is -0.493 e. The van der Waals surface area contributed by atoms with Crippen molar-refractivity contribution in [3.63, 3.8) is 0 Å². The number of thioether (sulfide) groups is 1. The van der Waals surface area contributed by atoms with Gasteiger partial charge in [0.2, 0.25) is 0 Å². The molecule has 1 heterocycles. The third-order valence-corrected chi connectivity index (χ3v) is 3.23. The van der Waals surface area contributed by atoms with Gasteiger partial charge in [0.05, 0.1) is 25.3 Å². The van der Waals surface area contributed by atoms with E-state index < -0.39 is 0 Å². The van der Waals surface area contributed by atoms with E-state index in [9.17, 15) is 0 Å². The van der Waals surface area contributed by atoms with E-state index in [1.165, 1.54) is 0 Å². The molecular weight excluding hydrogens is 258 g/mol. The maximum Gasteiger partial charge on any atom is 0.119 e. The van der Waals surface area contributed by atoms with Gasteiger partial charge in [-0.1, -0.05) is 12.1 Å². The lowest BCUT2D eigenvalue weighted by Gasteiger charge is -2.06. The lowest BCUT2D eigenvalue weighted by atomic mass is 10.2. The molecule has 0 saturated heterocycles. The quantitative estimate of drug-likeness (QED) is 0.597. The third kappa shape index (κ3) is 4.60. The summed E-state index contributed by atoms with van der Waals surface area (Å²) in [6.45, 7) is 0.610. The molecule has 0 N–H and O–H groups in total. The van der Waals surface area contributed by atoms with Gasteiger partial charge in [0.1, 0.15) is 10.8 Å². The van der Waals surface area contributed by atoms with Gasteiger partial charge in [0.25, 0.3) is 0 Å². The molecule has 0 amide bonds. The molecule has 0 unspecified atom stereocenters. The fraction of sp³-hybridized carbons (Fsp3) is 0.214. The van der Waals surface area contributed by atoms with Crippen molar-refractivity contribution in [1.82, 2.24) is 9.97 Å². The number of nitriles is 1. The number of hydrogen-bond donors (Lipinski definition) is 0. The van der Waals surface area contributed by atoms with Crippen molar-refractivity contribution >= 4 is 11.8 Å². The third-order valence-electron chi connectivity index (χ3n) is 2.35. The molecule has 19 heavy (non-hydrogen) atoms. The Morgan fingerprint density at radius 2 is 2.05 bits per heavy atom. The highest BCUT2D eigenvalue weighted by atomic mass is 32.2.